The molecule has 1 saturated heterocycles. The zero-order valence-electron chi connectivity index (χ0n) is 11.9. The molecule has 6 heteroatoms. The zero-order valence-corrected chi connectivity index (χ0v) is 15.1. The van der Waals surface area contributed by atoms with Crippen LogP contribution in [0.25, 0.3) is 0 Å². The van der Waals surface area contributed by atoms with Gasteiger partial charge in [-0.25, -0.2) is 0 Å². The number of nitrogens with one attached hydrogen (secondary N) is 1. The molecular formula is C16H15Br2NO3. The SMILES string of the molecule is Cc1cc(Br)ccc1NC(=O)[C@@H]1[C@H]2C[C@H]3[C@H](OC(=O)[C@@H]31)[C@H]2Br. The number of hydrogen-bond donors (Lipinski definition) is 1. The van der Waals surface area contributed by atoms with E-state index in [0.29, 0.717) is 0 Å². The van der Waals surface area contributed by atoms with Crippen LogP contribution in [0.1, 0.15) is 12.0 Å². The van der Waals surface area contributed by atoms with Gasteiger partial charge in [0.2, 0.25) is 5.91 Å². The van der Waals surface area contributed by atoms with Crippen LogP contribution in [0.15, 0.2) is 22.7 Å². The normalized spacial score (nSPS) is 38.2. The maximum atomic E-state index is 12.8. The first-order valence-corrected chi connectivity index (χ1v) is 9.10. The molecular weight excluding hydrogens is 414 g/mol. The van der Waals surface area contributed by atoms with Crippen LogP contribution in [-0.4, -0.2) is 22.8 Å². The third-order valence-corrected chi connectivity index (χ3v) is 6.97. The molecule has 2 aliphatic carbocycles. The van der Waals surface area contributed by atoms with Crippen molar-refractivity contribution in [3.8, 4) is 0 Å². The van der Waals surface area contributed by atoms with E-state index in [2.05, 4.69) is 37.2 Å². The van der Waals surface area contributed by atoms with Crippen molar-refractivity contribution >= 4 is 49.4 Å². The zero-order chi connectivity index (χ0) is 15.6. The number of fused-ring (bicyclic) bond motifs is 1. The van der Waals surface area contributed by atoms with Crippen molar-refractivity contribution in [2.75, 3.05) is 5.32 Å². The summed E-state index contributed by atoms with van der Waals surface area (Å²) in [5.41, 5.74) is 1.79. The lowest BCUT2D eigenvalue weighted by atomic mass is 9.79. The maximum Gasteiger partial charge on any atom is 0.310 e. The number of amides is 1. The molecule has 1 aromatic rings. The molecule has 0 unspecified atom stereocenters. The number of anilines is 1. The molecule has 1 amide bonds. The molecule has 2 saturated carbocycles. The van der Waals surface area contributed by atoms with Crippen LogP contribution in [0, 0.1) is 30.6 Å². The average Bonchev–Trinajstić information content (AvgIpc) is 3.06. The van der Waals surface area contributed by atoms with E-state index in [1.807, 2.05) is 25.1 Å². The predicted molar refractivity (Wildman–Crippen MR) is 88.7 cm³/mol. The number of alkyl halides is 1. The summed E-state index contributed by atoms with van der Waals surface area (Å²) in [7, 11) is 0. The van der Waals surface area contributed by atoms with Crippen LogP contribution in [0.4, 0.5) is 5.69 Å². The standard InChI is InChI=1S/C16H15Br2NO3/c1-6-4-7(17)2-3-10(6)19-15(20)11-8-5-9-12(11)16(21)22-14(9)13(8)18/h2-4,8-9,11-14H,5H2,1H3,(H,19,20)/t8-,9-,11-,12+,13+,14+/m1/s1. The second-order valence-electron chi connectivity index (χ2n) is 6.41. The number of halogens is 2. The number of carbonyl (C=O) groups excluding carboxylic acids is 2. The van der Waals surface area contributed by atoms with Crippen LogP contribution < -0.4 is 5.32 Å². The highest BCUT2D eigenvalue weighted by Gasteiger charge is 2.67. The minimum atomic E-state index is -0.288. The molecule has 1 aliphatic heterocycles. The van der Waals surface area contributed by atoms with Crippen LogP contribution >= 0.6 is 31.9 Å². The van der Waals surface area contributed by atoms with Crippen molar-refractivity contribution in [2.45, 2.75) is 24.3 Å². The Balaban J connectivity index is 1.59. The van der Waals surface area contributed by atoms with E-state index >= 15 is 0 Å². The third-order valence-electron chi connectivity index (χ3n) is 5.27. The first-order chi connectivity index (χ1) is 10.5. The molecule has 1 heterocycles. The van der Waals surface area contributed by atoms with Gasteiger partial charge in [-0.2, -0.15) is 0 Å². The van der Waals surface area contributed by atoms with Gasteiger partial charge in [-0.15, -0.1) is 0 Å². The lowest BCUT2D eigenvalue weighted by Gasteiger charge is -2.27. The number of carbonyl (C=O) groups is 2. The van der Waals surface area contributed by atoms with Gasteiger partial charge in [0.1, 0.15) is 6.10 Å². The molecule has 1 N–H and O–H groups in total. The maximum absolute atomic E-state index is 12.8. The van der Waals surface area contributed by atoms with Crippen LogP contribution in [0.3, 0.4) is 0 Å². The highest BCUT2D eigenvalue weighted by molar-refractivity contribution is 9.10. The van der Waals surface area contributed by atoms with Crippen molar-refractivity contribution in [1.82, 2.24) is 0 Å². The van der Waals surface area contributed by atoms with Gasteiger partial charge in [0.05, 0.1) is 16.7 Å². The summed E-state index contributed by atoms with van der Waals surface area (Å²) in [5.74, 6) is -0.439. The Morgan fingerprint density at radius 3 is 2.86 bits per heavy atom. The van der Waals surface area contributed by atoms with Gasteiger partial charge in [-0.1, -0.05) is 31.9 Å². The Morgan fingerprint density at radius 1 is 1.36 bits per heavy atom. The summed E-state index contributed by atoms with van der Waals surface area (Å²) in [6.45, 7) is 1.95. The Bertz CT molecular complexity index is 677. The molecule has 0 radical (unpaired) electrons. The highest BCUT2D eigenvalue weighted by atomic mass is 79.9. The molecule has 3 fully saturated rings. The Hall–Kier alpha value is -0.880. The molecule has 116 valence electrons. The summed E-state index contributed by atoms with van der Waals surface area (Å²) in [5, 5.41) is 3.00. The summed E-state index contributed by atoms with van der Waals surface area (Å²) in [4.78, 5) is 25.0. The molecule has 6 atom stereocenters. The first-order valence-electron chi connectivity index (χ1n) is 7.39. The molecule has 4 rings (SSSR count). The number of hydrogen-bond acceptors (Lipinski definition) is 3. The highest BCUT2D eigenvalue weighted by Crippen LogP contribution is 2.60. The second kappa shape index (κ2) is 5.06. The van der Waals surface area contributed by atoms with Gasteiger partial charge in [-0.05, 0) is 43.0 Å². The Kier molecular flexibility index (Phi) is 3.38. The third kappa shape index (κ3) is 1.99. The van der Waals surface area contributed by atoms with Crippen molar-refractivity contribution in [3.05, 3.63) is 28.2 Å². The molecule has 4 nitrogen and oxygen atoms in total. The van der Waals surface area contributed by atoms with Gasteiger partial charge >= 0.3 is 5.97 Å². The summed E-state index contributed by atoms with van der Waals surface area (Å²) in [6, 6.07) is 5.74. The fraction of sp³-hybridized carbons (Fsp3) is 0.500. The largest absolute Gasteiger partial charge is 0.461 e. The van der Waals surface area contributed by atoms with E-state index in [9.17, 15) is 9.59 Å². The monoisotopic (exact) mass is 427 g/mol. The van der Waals surface area contributed by atoms with E-state index in [4.69, 9.17) is 4.74 Å². The summed E-state index contributed by atoms with van der Waals surface area (Å²) in [6.07, 6.45) is 0.856. The van der Waals surface area contributed by atoms with E-state index in [-0.39, 0.29) is 46.5 Å². The van der Waals surface area contributed by atoms with Gasteiger partial charge in [0, 0.05) is 16.1 Å². The topological polar surface area (TPSA) is 55.4 Å². The molecule has 0 spiro atoms. The number of ether oxygens (including phenoxy) is 1. The fourth-order valence-electron chi connectivity index (χ4n) is 4.31. The predicted octanol–water partition coefficient (Wildman–Crippen LogP) is 3.27. The van der Waals surface area contributed by atoms with Gasteiger partial charge < -0.3 is 10.1 Å². The second-order valence-corrected chi connectivity index (χ2v) is 8.38. The van der Waals surface area contributed by atoms with Crippen molar-refractivity contribution in [3.63, 3.8) is 0 Å². The molecule has 0 aromatic heterocycles. The van der Waals surface area contributed by atoms with E-state index in [1.165, 1.54) is 0 Å². The van der Waals surface area contributed by atoms with Gasteiger partial charge in [0.15, 0.2) is 0 Å². The number of rotatable bonds is 2. The molecule has 2 bridgehead atoms. The molecule has 3 aliphatic rings. The number of esters is 1. The lowest BCUT2D eigenvalue weighted by Crippen LogP contribution is -2.40. The number of benzene rings is 1. The van der Waals surface area contributed by atoms with Crippen LogP contribution in [0.2, 0.25) is 0 Å². The van der Waals surface area contributed by atoms with Gasteiger partial charge in [-0.3, -0.25) is 9.59 Å². The van der Waals surface area contributed by atoms with E-state index in [1.54, 1.807) is 0 Å². The lowest BCUT2D eigenvalue weighted by molar-refractivity contribution is -0.145. The quantitative estimate of drug-likeness (QED) is 0.581. The minimum absolute atomic E-state index is 0.0408. The molecule has 22 heavy (non-hydrogen) atoms. The van der Waals surface area contributed by atoms with Gasteiger partial charge in [0.25, 0.3) is 0 Å². The van der Waals surface area contributed by atoms with E-state index < -0.39 is 0 Å². The Labute approximate surface area is 145 Å². The van der Waals surface area contributed by atoms with E-state index in [0.717, 1.165) is 22.1 Å². The van der Waals surface area contributed by atoms with Crippen molar-refractivity contribution in [1.29, 1.82) is 0 Å². The smallest absolute Gasteiger partial charge is 0.310 e. The summed E-state index contributed by atoms with van der Waals surface area (Å²) < 4.78 is 6.43. The first kappa shape index (κ1) is 14.7. The van der Waals surface area contributed by atoms with Crippen LogP contribution in [-0.2, 0) is 14.3 Å². The summed E-state index contributed by atoms with van der Waals surface area (Å²) >= 11 is 7.05. The minimum Gasteiger partial charge on any atom is -0.461 e. The molecule has 1 aromatic carbocycles. The van der Waals surface area contributed by atoms with Crippen molar-refractivity contribution < 1.29 is 14.3 Å². The fourth-order valence-corrected chi connectivity index (χ4v) is 5.83. The average molecular weight is 429 g/mol. The number of aryl methyl sites for hydroxylation is 1. The Morgan fingerprint density at radius 2 is 2.14 bits per heavy atom. The van der Waals surface area contributed by atoms with Crippen LogP contribution in [0.5, 0.6) is 0 Å². The van der Waals surface area contributed by atoms with Crippen molar-refractivity contribution in [2.24, 2.45) is 23.7 Å².